The Morgan fingerprint density at radius 3 is 1.46 bits per heavy atom. The van der Waals surface area contributed by atoms with Crippen LogP contribution in [0.15, 0.2) is 12.4 Å². The molecule has 4 aromatic rings. The summed E-state index contributed by atoms with van der Waals surface area (Å²) in [5.74, 6) is -0.970. The van der Waals surface area contributed by atoms with Gasteiger partial charge in [0.2, 0.25) is 7.37 Å². The van der Waals surface area contributed by atoms with Crippen LogP contribution in [-0.4, -0.2) is 223 Å². The number of fused-ring (bicyclic) bond motifs is 4. The van der Waals surface area contributed by atoms with Gasteiger partial charge < -0.3 is 76.1 Å². The fraction of sp³-hybridized carbons (Fsp3) is 0.791. The van der Waals surface area contributed by atoms with Gasteiger partial charge in [0.05, 0.1) is 69.2 Å². The van der Waals surface area contributed by atoms with Gasteiger partial charge in [0.1, 0.15) is 59.5 Å². The Kier molecular flexibility index (Phi) is 25.5. The van der Waals surface area contributed by atoms with Crippen LogP contribution in [0.4, 0.5) is 21.2 Å². The molecule has 2 N–H and O–H groups in total. The normalized spacial score (nSPS) is 25.9. The van der Waals surface area contributed by atoms with Crippen molar-refractivity contribution in [3.05, 3.63) is 24.0 Å². The van der Waals surface area contributed by atoms with Gasteiger partial charge in [-0.2, -0.15) is 10.2 Å². The van der Waals surface area contributed by atoms with Crippen molar-refractivity contribution in [2.75, 3.05) is 76.0 Å². The predicted molar refractivity (Wildman–Crippen MR) is 367 cm³/mol. The Morgan fingerprint density at radius 2 is 1.05 bits per heavy atom. The number of amides is 2. The van der Waals surface area contributed by atoms with Crippen LogP contribution in [0.2, 0.25) is 0 Å². The number of carbonyl (C=O) groups is 4. The number of hydrogen-bond acceptors (Lipinski definition) is 28. The number of hydrogen-bond donors (Lipinski definition) is 2. The van der Waals surface area contributed by atoms with Gasteiger partial charge >= 0.3 is 23.7 Å². The Balaban J connectivity index is 0.000000236. The summed E-state index contributed by atoms with van der Waals surface area (Å²) in [6.07, 6.45) is 4.42. The highest BCUT2D eigenvalue weighted by atomic mass is 31.2. The molecule has 2 amide bonds. The summed E-state index contributed by atoms with van der Waals surface area (Å²) in [5.41, 5.74) is -2.92. The lowest BCUT2D eigenvalue weighted by Crippen LogP contribution is -2.43. The van der Waals surface area contributed by atoms with Crippen LogP contribution in [-0.2, 0) is 97.5 Å². The van der Waals surface area contributed by atoms with E-state index in [1.165, 1.54) is 13.3 Å². The number of aryl methyl sites for hydroxylation is 2. The fourth-order valence-corrected chi connectivity index (χ4v) is 16.3. The van der Waals surface area contributed by atoms with E-state index in [1.807, 2.05) is 34.6 Å². The molecule has 4 aromatic heterocycles. The summed E-state index contributed by atoms with van der Waals surface area (Å²) in [6.45, 7) is 28.7. The van der Waals surface area contributed by atoms with Crippen LogP contribution in [0.3, 0.4) is 0 Å². The van der Waals surface area contributed by atoms with Crippen molar-refractivity contribution < 1.29 is 104 Å². The first-order chi connectivity index (χ1) is 47.5. The van der Waals surface area contributed by atoms with Crippen molar-refractivity contribution in [3.63, 3.8) is 0 Å². The smallest absolute Gasteiger partial charge is 0.416 e. The average Bonchev–Trinajstić information content (AvgIpc) is 1.58. The van der Waals surface area contributed by atoms with Crippen molar-refractivity contribution in [2.24, 2.45) is 0 Å². The maximum Gasteiger partial charge on any atom is 0.416 e. The van der Waals surface area contributed by atoms with E-state index in [2.05, 4.69) is 0 Å². The van der Waals surface area contributed by atoms with Crippen molar-refractivity contribution >= 4 is 72.9 Å². The van der Waals surface area contributed by atoms with Crippen molar-refractivity contribution in [1.82, 2.24) is 39.5 Å². The topological polar surface area (TPSA) is 366 Å². The molecule has 10 rings (SSSR count). The molecule has 0 bridgehead atoms. The van der Waals surface area contributed by atoms with Gasteiger partial charge in [0.15, 0.2) is 58.6 Å². The standard InChI is InChI=1S/C35H54N5O12P.C32H52N5O10P/c1-10-45-26(42)18-17-25-37-29(39(22-15-13-14-16-22)32(43)52-33(4,5)6)23-19-36-40(30(23)38-25)31-28-27(50-34(7,8)51-28)24(49-31)20-47-35(21-41,46-11-2)53(9,44)48-12-3;1-9-43-48(8,41)32(7,19-39)42-18-22-24-25(46-31(5,6)45-24)28(44-22)37-27-21(17-33-37)26(34-23(35-27)15-12-16-38)36(20-13-10-11-14-20)29(40)47-30(2,3)4/h19,21-22,24,27-28,31H,10-18,20H2,1-9H3;17,20,22,24-25,28,38-39H,9-16,18-19H2,1-8H3/t24-,27-,28-,31-,35?,53?;22-,24-,25-,28-,32?,48?/m11/s1. The molecule has 2 aliphatic carbocycles. The van der Waals surface area contributed by atoms with E-state index in [9.17, 15) is 38.5 Å². The Bertz CT molecular complexity index is 3630. The zero-order valence-electron chi connectivity index (χ0n) is 61.6. The van der Waals surface area contributed by atoms with Gasteiger partial charge in [0, 0.05) is 51.5 Å². The lowest BCUT2D eigenvalue weighted by molar-refractivity contribution is -0.221. The maximum absolute atomic E-state index is 13.9. The number of aliphatic hydroxyl groups is 2. The van der Waals surface area contributed by atoms with E-state index in [0.29, 0.717) is 58.7 Å². The molecule has 6 fully saturated rings. The molecule has 566 valence electrons. The number of rotatable bonds is 29. The molecule has 32 nitrogen and oxygen atoms in total. The molecular formula is C67H106N10O22P2. The Morgan fingerprint density at radius 1 is 0.614 bits per heavy atom. The van der Waals surface area contributed by atoms with Gasteiger partial charge in [-0.25, -0.2) is 38.9 Å². The highest BCUT2D eigenvalue weighted by molar-refractivity contribution is 7.60. The molecule has 4 aliphatic heterocycles. The molecular weight excluding hydrogens is 1360 g/mol. The van der Waals surface area contributed by atoms with E-state index < -0.39 is 122 Å². The second kappa shape index (κ2) is 32.2. The van der Waals surface area contributed by atoms with Crippen LogP contribution in [0.5, 0.6) is 0 Å². The Hall–Kier alpha value is -5.28. The molecule has 2 saturated carbocycles. The summed E-state index contributed by atoms with van der Waals surface area (Å²) in [6, 6.07) is -0.292. The highest BCUT2D eigenvalue weighted by Crippen LogP contribution is 2.58. The average molecular weight is 1470 g/mol. The number of nitrogens with zero attached hydrogens (tertiary/aromatic N) is 10. The van der Waals surface area contributed by atoms with Gasteiger partial charge in [-0.1, -0.05) is 25.7 Å². The number of aliphatic hydroxyl groups excluding tert-OH is 2. The third-order valence-electron chi connectivity index (χ3n) is 18.1. The van der Waals surface area contributed by atoms with Crippen LogP contribution in [0.1, 0.15) is 192 Å². The number of ether oxygens (including phenoxy) is 12. The van der Waals surface area contributed by atoms with Gasteiger partial charge in [0.25, 0.3) is 7.37 Å². The lowest BCUT2D eigenvalue weighted by atomic mass is 10.1. The minimum absolute atomic E-state index is 0.0132. The summed E-state index contributed by atoms with van der Waals surface area (Å²) >= 11 is 0. The van der Waals surface area contributed by atoms with Gasteiger partial charge in [-0.3, -0.25) is 28.5 Å². The van der Waals surface area contributed by atoms with E-state index in [4.69, 9.17) is 96.0 Å². The fourth-order valence-electron chi connectivity index (χ4n) is 13.4. The quantitative estimate of drug-likeness (QED) is 0.0168. The van der Waals surface area contributed by atoms with Crippen LogP contribution >= 0.6 is 14.7 Å². The summed E-state index contributed by atoms with van der Waals surface area (Å²) in [4.78, 5) is 75.2. The minimum Gasteiger partial charge on any atom is -0.466 e. The summed E-state index contributed by atoms with van der Waals surface area (Å²) in [7, 11) is -7.15. The molecule has 6 aliphatic rings. The zero-order chi connectivity index (χ0) is 73.8. The molecule has 12 atom stereocenters. The van der Waals surface area contributed by atoms with Crippen molar-refractivity contribution in [2.45, 2.75) is 276 Å². The van der Waals surface area contributed by atoms with Crippen LogP contribution in [0.25, 0.3) is 22.1 Å². The first-order valence-electron chi connectivity index (χ1n) is 35.3. The third kappa shape index (κ3) is 18.0. The number of aldehydes is 1. The number of carbonyl (C=O) groups excluding carboxylic acids is 4. The molecule has 4 saturated heterocycles. The minimum atomic E-state index is -3.78. The molecule has 34 heteroatoms. The van der Waals surface area contributed by atoms with Crippen molar-refractivity contribution in [3.8, 4) is 0 Å². The van der Waals surface area contributed by atoms with Gasteiger partial charge in [-0.05, 0) is 136 Å². The third-order valence-corrected chi connectivity index (χ3v) is 23.1. The largest absolute Gasteiger partial charge is 0.466 e. The maximum atomic E-state index is 13.9. The molecule has 0 radical (unpaired) electrons. The van der Waals surface area contributed by atoms with Crippen LogP contribution in [0, 0.1) is 0 Å². The highest BCUT2D eigenvalue weighted by Gasteiger charge is 2.60. The molecule has 101 heavy (non-hydrogen) atoms. The van der Waals surface area contributed by atoms with E-state index in [0.717, 1.165) is 51.4 Å². The molecule has 8 heterocycles. The summed E-state index contributed by atoms with van der Waals surface area (Å²) < 4.78 is 114. The van der Waals surface area contributed by atoms with Crippen molar-refractivity contribution in [1.29, 1.82) is 0 Å². The lowest BCUT2D eigenvalue weighted by Gasteiger charge is -2.34. The van der Waals surface area contributed by atoms with Gasteiger partial charge in [-0.15, -0.1) is 0 Å². The molecule has 4 unspecified atom stereocenters. The van der Waals surface area contributed by atoms with E-state index in [1.54, 1.807) is 101 Å². The van der Waals surface area contributed by atoms with E-state index in [-0.39, 0.29) is 77.0 Å². The number of aromatic nitrogens is 8. The van der Waals surface area contributed by atoms with Crippen LogP contribution < -0.4 is 9.80 Å². The second-order valence-electron chi connectivity index (χ2n) is 29.2. The first-order valence-corrected chi connectivity index (χ1v) is 39.4. The first kappa shape index (κ1) is 79.8. The second-order valence-corrected chi connectivity index (χ2v) is 34.7. The summed E-state index contributed by atoms with van der Waals surface area (Å²) in [5, 5.41) is 28.8. The molecule has 0 aromatic carbocycles. The van der Waals surface area contributed by atoms with E-state index >= 15 is 0 Å². The zero-order valence-corrected chi connectivity index (χ0v) is 63.4. The number of esters is 1. The number of anilines is 2. The molecule has 0 spiro atoms. The monoisotopic (exact) mass is 1460 g/mol. The SMILES string of the molecule is CCOC(=O)CCc1nc(N(C(=O)OC(C)(C)C)C2CCCC2)c2cnn([C@@H]3O[C@H](COC(C=O)(OCC)P(C)(=O)OCC)[C@H]4OC(C)(C)O[C@H]43)c2n1.CCOP(C)(=O)C(C)(CO)OC[C@H]1O[C@@H](n2ncc3c(N(C(=O)OC(C)(C)C)C4CCCC4)nc(CCCO)nc32)[C@@H]2OC(C)(C)O[C@@H]21. The Labute approximate surface area is 590 Å². The predicted octanol–water partition coefficient (Wildman–Crippen LogP) is 9.80.